The van der Waals surface area contributed by atoms with E-state index in [2.05, 4.69) is 26.8 Å². The molecule has 0 spiro atoms. The first-order chi connectivity index (χ1) is 11.0. The lowest BCUT2D eigenvalue weighted by molar-refractivity contribution is 0.210. The highest BCUT2D eigenvalue weighted by Gasteiger charge is 2.11. The van der Waals surface area contributed by atoms with E-state index in [-0.39, 0.29) is 22.7 Å². The van der Waals surface area contributed by atoms with E-state index >= 15 is 0 Å². The highest BCUT2D eigenvalue weighted by atomic mass is 35.5. The van der Waals surface area contributed by atoms with Crippen molar-refractivity contribution >= 4 is 17.7 Å². The molecule has 23 heavy (non-hydrogen) atoms. The van der Waals surface area contributed by atoms with Crippen molar-refractivity contribution in [3.05, 3.63) is 34.9 Å². The third-order valence-electron chi connectivity index (χ3n) is 2.53. The normalized spacial score (nSPS) is 9.52. The van der Waals surface area contributed by atoms with Gasteiger partial charge < -0.3 is 19.9 Å². The Bertz CT molecular complexity index is 779. The lowest BCUT2D eigenvalue weighted by Crippen LogP contribution is -2.17. The number of amides is 1. The Morgan fingerprint density at radius 1 is 1.17 bits per heavy atom. The first-order valence-electron chi connectivity index (χ1n) is 6.13. The molecule has 0 saturated heterocycles. The van der Waals surface area contributed by atoms with Crippen molar-refractivity contribution in [1.82, 2.24) is 15.0 Å². The van der Waals surface area contributed by atoms with Crippen LogP contribution in [0.3, 0.4) is 0 Å². The second kappa shape index (κ2) is 7.29. The molecule has 0 fully saturated rings. The van der Waals surface area contributed by atoms with Gasteiger partial charge in [0.2, 0.25) is 11.8 Å². The van der Waals surface area contributed by atoms with Crippen molar-refractivity contribution in [1.29, 1.82) is 0 Å². The summed E-state index contributed by atoms with van der Waals surface area (Å²) >= 11 is 5.83. The van der Waals surface area contributed by atoms with Gasteiger partial charge in [0, 0.05) is 0 Å². The SMILES string of the molecule is COc1ncnc(OC)c1C#Cc1cc(Cl)ncc1OC(N)=O. The lowest BCUT2D eigenvalue weighted by Gasteiger charge is -2.06. The molecule has 0 saturated carbocycles. The zero-order chi connectivity index (χ0) is 16.8. The van der Waals surface area contributed by atoms with E-state index in [4.69, 9.17) is 31.5 Å². The Morgan fingerprint density at radius 3 is 2.39 bits per heavy atom. The number of nitrogens with zero attached hydrogens (tertiary/aromatic N) is 3. The Kier molecular flexibility index (Phi) is 5.17. The van der Waals surface area contributed by atoms with Gasteiger partial charge in [0.1, 0.15) is 17.0 Å². The highest BCUT2D eigenvalue weighted by molar-refractivity contribution is 6.29. The number of nitrogens with two attached hydrogens (primary N) is 1. The zero-order valence-electron chi connectivity index (χ0n) is 12.2. The Labute approximate surface area is 136 Å². The molecular weight excluding hydrogens is 324 g/mol. The standard InChI is InChI=1S/C14H11ClN4O4/c1-21-12-9(13(22-2)19-7-18-12)4-3-8-5-11(15)17-6-10(8)23-14(16)20/h5-7H,1-2H3,(H2,16,20). The quantitative estimate of drug-likeness (QED) is 0.667. The molecule has 2 aromatic rings. The van der Waals surface area contributed by atoms with Crippen molar-refractivity contribution in [2.45, 2.75) is 0 Å². The number of primary amides is 1. The molecule has 0 radical (unpaired) electrons. The maximum Gasteiger partial charge on any atom is 0.410 e. The molecule has 1 amide bonds. The number of hydrogen-bond donors (Lipinski definition) is 1. The molecule has 118 valence electrons. The third-order valence-corrected chi connectivity index (χ3v) is 2.74. The van der Waals surface area contributed by atoms with Crippen LogP contribution in [0.15, 0.2) is 18.6 Å². The predicted molar refractivity (Wildman–Crippen MR) is 80.6 cm³/mol. The van der Waals surface area contributed by atoms with Crippen LogP contribution in [0.25, 0.3) is 0 Å². The smallest absolute Gasteiger partial charge is 0.410 e. The van der Waals surface area contributed by atoms with Crippen molar-refractivity contribution < 1.29 is 19.0 Å². The van der Waals surface area contributed by atoms with Gasteiger partial charge in [-0.15, -0.1) is 0 Å². The van der Waals surface area contributed by atoms with E-state index in [1.807, 2.05) is 0 Å². The van der Waals surface area contributed by atoms with Crippen LogP contribution in [0, 0.1) is 11.8 Å². The molecule has 0 unspecified atom stereocenters. The molecule has 8 nitrogen and oxygen atoms in total. The Morgan fingerprint density at radius 2 is 1.83 bits per heavy atom. The molecule has 2 aromatic heterocycles. The van der Waals surface area contributed by atoms with Crippen LogP contribution in [0.4, 0.5) is 4.79 Å². The molecule has 0 aliphatic rings. The minimum Gasteiger partial charge on any atom is -0.480 e. The van der Waals surface area contributed by atoms with Gasteiger partial charge in [0.15, 0.2) is 5.75 Å². The maximum absolute atomic E-state index is 10.9. The molecular formula is C14H11ClN4O4. The number of ether oxygens (including phenoxy) is 3. The number of carbonyl (C=O) groups excluding carboxylic acids is 1. The molecule has 9 heteroatoms. The van der Waals surface area contributed by atoms with Crippen LogP contribution in [-0.4, -0.2) is 35.3 Å². The largest absolute Gasteiger partial charge is 0.480 e. The minimum absolute atomic E-state index is 0.0733. The van der Waals surface area contributed by atoms with Crippen LogP contribution in [0.1, 0.15) is 11.1 Å². The number of hydrogen-bond acceptors (Lipinski definition) is 7. The van der Waals surface area contributed by atoms with Gasteiger partial charge in [-0.25, -0.2) is 19.7 Å². The first-order valence-corrected chi connectivity index (χ1v) is 6.50. The van der Waals surface area contributed by atoms with Gasteiger partial charge in [-0.1, -0.05) is 23.4 Å². The van der Waals surface area contributed by atoms with E-state index in [1.54, 1.807) is 0 Å². The predicted octanol–water partition coefficient (Wildman–Crippen LogP) is 1.40. The molecule has 2 rings (SSSR count). The van der Waals surface area contributed by atoms with Crippen molar-refractivity contribution in [2.24, 2.45) is 5.73 Å². The van der Waals surface area contributed by atoms with E-state index in [0.29, 0.717) is 11.1 Å². The van der Waals surface area contributed by atoms with Crippen molar-refractivity contribution in [3.63, 3.8) is 0 Å². The Hall–Kier alpha value is -3.05. The van der Waals surface area contributed by atoms with Crippen LogP contribution < -0.4 is 19.9 Å². The molecule has 0 atom stereocenters. The number of aromatic nitrogens is 3. The van der Waals surface area contributed by atoms with Gasteiger partial charge in [-0.2, -0.15) is 0 Å². The summed E-state index contributed by atoms with van der Waals surface area (Å²) in [6.45, 7) is 0. The fourth-order valence-electron chi connectivity index (χ4n) is 1.61. The second-order valence-electron chi connectivity index (χ2n) is 3.94. The topological polar surface area (TPSA) is 109 Å². The van der Waals surface area contributed by atoms with E-state index < -0.39 is 6.09 Å². The summed E-state index contributed by atoms with van der Waals surface area (Å²) in [5, 5.41) is 0.175. The highest BCUT2D eigenvalue weighted by Crippen LogP contribution is 2.23. The fourth-order valence-corrected chi connectivity index (χ4v) is 1.76. The molecule has 0 aliphatic heterocycles. The van der Waals surface area contributed by atoms with Crippen LogP contribution in [-0.2, 0) is 0 Å². The van der Waals surface area contributed by atoms with Gasteiger partial charge in [0.05, 0.1) is 26.0 Å². The second-order valence-corrected chi connectivity index (χ2v) is 4.33. The van der Waals surface area contributed by atoms with Gasteiger partial charge in [0.25, 0.3) is 0 Å². The summed E-state index contributed by atoms with van der Waals surface area (Å²) in [7, 11) is 2.88. The summed E-state index contributed by atoms with van der Waals surface area (Å²) in [4.78, 5) is 22.6. The Balaban J connectivity index is 2.51. The van der Waals surface area contributed by atoms with E-state index in [1.165, 1.54) is 32.8 Å². The summed E-state index contributed by atoms with van der Waals surface area (Å²) in [6.07, 6.45) is 1.54. The maximum atomic E-state index is 10.9. The average molecular weight is 335 g/mol. The first kappa shape index (κ1) is 16.3. The minimum atomic E-state index is -0.990. The third kappa shape index (κ3) is 3.99. The molecule has 2 N–H and O–H groups in total. The summed E-state index contributed by atoms with van der Waals surface area (Å²) in [6, 6.07) is 1.43. The average Bonchev–Trinajstić information content (AvgIpc) is 2.54. The summed E-state index contributed by atoms with van der Waals surface area (Å²) in [5.41, 5.74) is 5.63. The van der Waals surface area contributed by atoms with Crippen molar-refractivity contribution in [3.8, 4) is 29.4 Å². The fraction of sp³-hybridized carbons (Fsp3) is 0.143. The molecule has 2 heterocycles. The zero-order valence-corrected chi connectivity index (χ0v) is 12.9. The van der Waals surface area contributed by atoms with Gasteiger partial charge >= 0.3 is 6.09 Å². The monoisotopic (exact) mass is 334 g/mol. The van der Waals surface area contributed by atoms with Crippen molar-refractivity contribution in [2.75, 3.05) is 14.2 Å². The van der Waals surface area contributed by atoms with Crippen LogP contribution >= 0.6 is 11.6 Å². The number of carbonyl (C=O) groups is 1. The summed E-state index contributed by atoms with van der Waals surface area (Å²) in [5.74, 6) is 6.12. The van der Waals surface area contributed by atoms with E-state index in [0.717, 1.165) is 0 Å². The van der Waals surface area contributed by atoms with Gasteiger partial charge in [-0.3, -0.25) is 0 Å². The van der Waals surface area contributed by atoms with Gasteiger partial charge in [-0.05, 0) is 6.07 Å². The molecule has 0 aliphatic carbocycles. The number of methoxy groups -OCH3 is 2. The van der Waals surface area contributed by atoms with Crippen LogP contribution in [0.2, 0.25) is 5.15 Å². The molecule has 0 bridgehead atoms. The van der Waals surface area contributed by atoms with Crippen LogP contribution in [0.5, 0.6) is 17.5 Å². The summed E-state index contributed by atoms with van der Waals surface area (Å²) < 4.78 is 15.1. The van der Waals surface area contributed by atoms with E-state index in [9.17, 15) is 4.79 Å². The lowest BCUT2D eigenvalue weighted by atomic mass is 10.2. The number of halogens is 1. The number of pyridine rings is 1. The number of rotatable bonds is 3. The molecule has 0 aromatic carbocycles.